The van der Waals surface area contributed by atoms with E-state index in [2.05, 4.69) is 11.8 Å². The maximum absolute atomic E-state index is 12.0. The number of aryl methyl sites for hydroxylation is 1. The lowest BCUT2D eigenvalue weighted by molar-refractivity contribution is 0.0581. The molecule has 1 aliphatic heterocycles. The van der Waals surface area contributed by atoms with Gasteiger partial charge in [0.05, 0.1) is 0 Å². The zero-order valence-electron chi connectivity index (χ0n) is 15.9. The minimum absolute atomic E-state index is 0.0768. The number of fused-ring (bicyclic) bond motifs is 2. The predicted molar refractivity (Wildman–Crippen MR) is 110 cm³/mol. The van der Waals surface area contributed by atoms with Crippen LogP contribution in [0.1, 0.15) is 18.1 Å². The summed E-state index contributed by atoms with van der Waals surface area (Å²) in [5.41, 5.74) is 1.98. The molecule has 2 heterocycles. The molecule has 0 saturated carbocycles. The molecule has 0 aliphatic carbocycles. The molecule has 1 aromatic heterocycles. The van der Waals surface area contributed by atoms with Crippen LogP contribution in [0.5, 0.6) is 11.5 Å². The van der Waals surface area contributed by atoms with Crippen LogP contribution < -0.4 is 15.1 Å². The van der Waals surface area contributed by atoms with Crippen molar-refractivity contribution in [2.24, 2.45) is 0 Å². The molecule has 0 saturated heterocycles. The van der Waals surface area contributed by atoms with Crippen LogP contribution in [0.2, 0.25) is 5.02 Å². The molecule has 2 aromatic carbocycles. The van der Waals surface area contributed by atoms with Gasteiger partial charge in [-0.05, 0) is 48.9 Å². The first kappa shape index (κ1) is 18.8. The van der Waals surface area contributed by atoms with Crippen molar-refractivity contribution in [3.63, 3.8) is 0 Å². The Balaban J connectivity index is 1.56. The van der Waals surface area contributed by atoms with Crippen molar-refractivity contribution in [1.82, 2.24) is 4.90 Å². The van der Waals surface area contributed by atoms with Crippen LogP contribution >= 0.6 is 11.6 Å². The van der Waals surface area contributed by atoms with Gasteiger partial charge in [-0.15, -0.1) is 0 Å². The Labute approximate surface area is 168 Å². The van der Waals surface area contributed by atoms with Crippen molar-refractivity contribution in [2.75, 3.05) is 19.7 Å². The summed E-state index contributed by atoms with van der Waals surface area (Å²) < 4.78 is 17.3. The molecule has 0 radical (unpaired) electrons. The smallest absolute Gasteiger partial charge is 0.336 e. The molecule has 1 unspecified atom stereocenters. The molecule has 0 fully saturated rings. The van der Waals surface area contributed by atoms with Gasteiger partial charge in [0.1, 0.15) is 18.3 Å². The Hall–Kier alpha value is -2.50. The number of hydrogen-bond acceptors (Lipinski definition) is 5. The van der Waals surface area contributed by atoms with Crippen molar-refractivity contribution < 1.29 is 13.9 Å². The fourth-order valence-electron chi connectivity index (χ4n) is 3.47. The standard InChI is InChI=1S/C22H22ClNO4/c1-3-24(12-16-13-26-19-6-4-5-7-20(19)27-16)11-15-9-22(25)28-21-8-14(2)18(23)10-17(15)21/h4-10,16H,3,11-13H2,1-2H3. The number of para-hydroxylation sites is 2. The second-order valence-electron chi connectivity index (χ2n) is 7.01. The molecule has 146 valence electrons. The summed E-state index contributed by atoms with van der Waals surface area (Å²) >= 11 is 6.30. The van der Waals surface area contributed by atoms with Gasteiger partial charge in [0.2, 0.25) is 0 Å². The van der Waals surface area contributed by atoms with Crippen LogP contribution in [-0.4, -0.2) is 30.7 Å². The maximum atomic E-state index is 12.0. The van der Waals surface area contributed by atoms with E-state index in [1.54, 1.807) is 6.07 Å². The van der Waals surface area contributed by atoms with Gasteiger partial charge in [0.25, 0.3) is 0 Å². The number of likely N-dealkylation sites (N-methyl/N-ethyl adjacent to an activating group) is 1. The first-order valence-electron chi connectivity index (χ1n) is 9.37. The Morgan fingerprint density at radius 1 is 1.18 bits per heavy atom. The van der Waals surface area contributed by atoms with Gasteiger partial charge in [-0.25, -0.2) is 4.79 Å². The molecule has 28 heavy (non-hydrogen) atoms. The van der Waals surface area contributed by atoms with Gasteiger partial charge in [-0.3, -0.25) is 4.90 Å². The number of nitrogens with zero attached hydrogens (tertiary/aromatic N) is 1. The summed E-state index contributed by atoms with van der Waals surface area (Å²) in [5, 5.41) is 1.52. The fourth-order valence-corrected chi connectivity index (χ4v) is 3.63. The van der Waals surface area contributed by atoms with Gasteiger partial charge in [0, 0.05) is 29.6 Å². The summed E-state index contributed by atoms with van der Waals surface area (Å²) in [5.74, 6) is 1.54. The molecule has 0 N–H and O–H groups in total. The summed E-state index contributed by atoms with van der Waals surface area (Å²) in [6, 6.07) is 12.9. The Morgan fingerprint density at radius 2 is 1.96 bits per heavy atom. The molecular weight excluding hydrogens is 378 g/mol. The molecule has 5 nitrogen and oxygen atoms in total. The Bertz CT molecular complexity index is 1060. The molecule has 6 heteroatoms. The monoisotopic (exact) mass is 399 g/mol. The molecular formula is C22H22ClNO4. The van der Waals surface area contributed by atoms with Crippen molar-refractivity contribution >= 4 is 22.6 Å². The van der Waals surface area contributed by atoms with Crippen molar-refractivity contribution in [3.8, 4) is 11.5 Å². The van der Waals surface area contributed by atoms with Gasteiger partial charge >= 0.3 is 5.63 Å². The summed E-state index contributed by atoms with van der Waals surface area (Å²) in [6.45, 7) is 6.57. The largest absolute Gasteiger partial charge is 0.486 e. The topological polar surface area (TPSA) is 51.9 Å². The third kappa shape index (κ3) is 3.86. The second kappa shape index (κ2) is 7.86. The van der Waals surface area contributed by atoms with E-state index in [4.69, 9.17) is 25.5 Å². The van der Waals surface area contributed by atoms with Gasteiger partial charge < -0.3 is 13.9 Å². The molecule has 0 spiro atoms. The van der Waals surface area contributed by atoms with Crippen LogP contribution in [-0.2, 0) is 6.54 Å². The number of ether oxygens (including phenoxy) is 2. The summed E-state index contributed by atoms with van der Waals surface area (Å²) in [4.78, 5) is 14.3. The first-order valence-corrected chi connectivity index (χ1v) is 9.75. The van der Waals surface area contributed by atoms with Crippen LogP contribution in [0.3, 0.4) is 0 Å². The SMILES string of the molecule is CCN(Cc1cc(=O)oc2cc(C)c(Cl)cc12)CC1COc2ccccc2O1. The van der Waals surface area contributed by atoms with E-state index in [9.17, 15) is 4.79 Å². The molecule has 1 aliphatic rings. The zero-order valence-corrected chi connectivity index (χ0v) is 16.7. The fraction of sp³-hybridized carbons (Fsp3) is 0.318. The van der Waals surface area contributed by atoms with Crippen LogP contribution in [0.4, 0.5) is 0 Å². The van der Waals surface area contributed by atoms with Gasteiger partial charge in [-0.2, -0.15) is 0 Å². The highest BCUT2D eigenvalue weighted by Crippen LogP contribution is 2.31. The normalized spacial score (nSPS) is 15.9. The highest BCUT2D eigenvalue weighted by Gasteiger charge is 2.23. The van der Waals surface area contributed by atoms with Crippen LogP contribution in [0.25, 0.3) is 11.0 Å². The minimum Gasteiger partial charge on any atom is -0.486 e. The highest BCUT2D eigenvalue weighted by molar-refractivity contribution is 6.32. The maximum Gasteiger partial charge on any atom is 0.336 e. The molecule has 3 aromatic rings. The predicted octanol–water partition coefficient (Wildman–Crippen LogP) is 4.42. The van der Waals surface area contributed by atoms with Crippen molar-refractivity contribution in [1.29, 1.82) is 0 Å². The zero-order chi connectivity index (χ0) is 19.7. The lowest BCUT2D eigenvalue weighted by Gasteiger charge is -2.31. The minimum atomic E-state index is -0.355. The average Bonchev–Trinajstić information content (AvgIpc) is 2.68. The summed E-state index contributed by atoms with van der Waals surface area (Å²) in [7, 11) is 0. The van der Waals surface area contributed by atoms with Gasteiger partial charge in [0.15, 0.2) is 11.5 Å². The lowest BCUT2D eigenvalue weighted by atomic mass is 10.1. The van der Waals surface area contributed by atoms with Crippen LogP contribution in [0, 0.1) is 6.92 Å². The lowest BCUT2D eigenvalue weighted by Crippen LogP contribution is -2.40. The quantitative estimate of drug-likeness (QED) is 0.594. The number of rotatable bonds is 5. The van der Waals surface area contributed by atoms with E-state index in [1.165, 1.54) is 0 Å². The van der Waals surface area contributed by atoms with E-state index in [-0.39, 0.29) is 11.7 Å². The first-order chi connectivity index (χ1) is 13.5. The Morgan fingerprint density at radius 3 is 2.75 bits per heavy atom. The van der Waals surface area contributed by atoms with E-state index in [1.807, 2.05) is 43.3 Å². The van der Waals surface area contributed by atoms with E-state index in [0.717, 1.165) is 34.6 Å². The average molecular weight is 400 g/mol. The molecule has 0 amide bonds. The highest BCUT2D eigenvalue weighted by atomic mass is 35.5. The number of halogens is 1. The van der Waals surface area contributed by atoms with Crippen LogP contribution in [0.15, 0.2) is 51.7 Å². The molecule has 4 rings (SSSR count). The van der Waals surface area contributed by atoms with Gasteiger partial charge in [-0.1, -0.05) is 30.7 Å². The number of benzene rings is 2. The summed E-state index contributed by atoms with van der Waals surface area (Å²) in [6.07, 6.45) is -0.0768. The van der Waals surface area contributed by atoms with E-state index >= 15 is 0 Å². The molecule has 0 bridgehead atoms. The van der Waals surface area contributed by atoms with E-state index in [0.29, 0.717) is 30.3 Å². The van der Waals surface area contributed by atoms with Crippen molar-refractivity contribution in [2.45, 2.75) is 26.5 Å². The van der Waals surface area contributed by atoms with Crippen molar-refractivity contribution in [3.05, 3.63) is 69.0 Å². The third-order valence-corrected chi connectivity index (χ3v) is 5.39. The Kier molecular flexibility index (Phi) is 5.29. The third-order valence-electron chi connectivity index (χ3n) is 4.98. The van der Waals surface area contributed by atoms with E-state index < -0.39 is 0 Å². The molecule has 1 atom stereocenters. The number of hydrogen-bond donors (Lipinski definition) is 0. The second-order valence-corrected chi connectivity index (χ2v) is 7.42.